The molecule has 23 heavy (non-hydrogen) atoms. The lowest BCUT2D eigenvalue weighted by atomic mass is 10.0. The van der Waals surface area contributed by atoms with Gasteiger partial charge < -0.3 is 20.3 Å². The summed E-state index contributed by atoms with van der Waals surface area (Å²) in [5.74, 6) is 1.20. The van der Waals surface area contributed by atoms with Gasteiger partial charge in [-0.15, -0.1) is 0 Å². The highest BCUT2D eigenvalue weighted by molar-refractivity contribution is 5.71. The van der Waals surface area contributed by atoms with Crippen molar-refractivity contribution in [1.29, 1.82) is 0 Å². The summed E-state index contributed by atoms with van der Waals surface area (Å²) in [5, 5.41) is 11.4. The molecule has 126 valence electrons. The third-order valence-corrected chi connectivity index (χ3v) is 4.31. The van der Waals surface area contributed by atoms with Crippen molar-refractivity contribution in [2.45, 2.75) is 19.8 Å². The first-order valence-corrected chi connectivity index (χ1v) is 7.96. The molecule has 0 bridgehead atoms. The van der Waals surface area contributed by atoms with E-state index in [9.17, 15) is 10.1 Å². The Kier molecular flexibility index (Phi) is 4.46. The number of piperidine rings is 1. The van der Waals surface area contributed by atoms with Gasteiger partial charge in [-0.05, 0) is 18.8 Å². The van der Waals surface area contributed by atoms with Crippen molar-refractivity contribution in [2.24, 2.45) is 5.92 Å². The molecule has 0 amide bonds. The molecule has 1 atom stereocenters. The Morgan fingerprint density at radius 1 is 1.26 bits per heavy atom. The molecule has 9 heteroatoms. The van der Waals surface area contributed by atoms with Gasteiger partial charge in [0.2, 0.25) is 17.6 Å². The Bertz CT molecular complexity index is 590. The second-order valence-electron chi connectivity index (χ2n) is 6.13. The second-order valence-corrected chi connectivity index (χ2v) is 6.13. The number of anilines is 3. The number of nitro groups is 1. The van der Waals surface area contributed by atoms with Crippen LogP contribution in [0.3, 0.4) is 0 Å². The minimum absolute atomic E-state index is 0.0697. The molecule has 3 rings (SSSR count). The van der Waals surface area contributed by atoms with Gasteiger partial charge in [0.05, 0.1) is 18.1 Å². The minimum Gasteiger partial charge on any atom is -0.378 e. The molecule has 0 saturated carbocycles. The number of ether oxygens (including phenoxy) is 1. The topological polar surface area (TPSA) is 111 Å². The van der Waals surface area contributed by atoms with E-state index in [0.717, 1.165) is 25.9 Å². The molecule has 1 unspecified atom stereocenters. The maximum Gasteiger partial charge on any atom is 0.353 e. The second kappa shape index (κ2) is 6.53. The standard InChI is InChI=1S/C14H22N6O3/c1-10-3-2-4-19(9-10)13-11(20(21)22)12(15)16-14(17-13)18-5-7-23-8-6-18/h10H,2-9H2,1H3,(H2,15,16,17). The normalized spacial score (nSPS) is 22.2. The van der Waals surface area contributed by atoms with E-state index in [4.69, 9.17) is 10.5 Å². The zero-order valence-electron chi connectivity index (χ0n) is 13.3. The van der Waals surface area contributed by atoms with Crippen LogP contribution in [0.2, 0.25) is 0 Å². The lowest BCUT2D eigenvalue weighted by Crippen LogP contribution is -2.39. The Morgan fingerprint density at radius 3 is 2.65 bits per heavy atom. The van der Waals surface area contributed by atoms with E-state index < -0.39 is 4.92 Å². The van der Waals surface area contributed by atoms with Gasteiger partial charge in [-0.3, -0.25) is 10.1 Å². The molecule has 3 heterocycles. The lowest BCUT2D eigenvalue weighted by molar-refractivity contribution is -0.383. The number of nitrogens with two attached hydrogens (primary N) is 1. The summed E-state index contributed by atoms with van der Waals surface area (Å²) in [5.41, 5.74) is 5.71. The number of nitrogen functional groups attached to an aromatic ring is 1. The van der Waals surface area contributed by atoms with Gasteiger partial charge in [0, 0.05) is 26.2 Å². The largest absolute Gasteiger partial charge is 0.378 e. The summed E-state index contributed by atoms with van der Waals surface area (Å²) in [6.07, 6.45) is 2.12. The smallest absolute Gasteiger partial charge is 0.353 e. The van der Waals surface area contributed by atoms with E-state index in [1.165, 1.54) is 0 Å². The van der Waals surface area contributed by atoms with Crippen LogP contribution in [-0.4, -0.2) is 54.3 Å². The molecule has 1 aromatic rings. The summed E-state index contributed by atoms with van der Waals surface area (Å²) in [7, 11) is 0. The van der Waals surface area contributed by atoms with Crippen LogP contribution in [0, 0.1) is 16.0 Å². The van der Waals surface area contributed by atoms with E-state index >= 15 is 0 Å². The molecule has 9 nitrogen and oxygen atoms in total. The maximum absolute atomic E-state index is 11.4. The molecule has 0 aliphatic carbocycles. The van der Waals surface area contributed by atoms with Crippen molar-refractivity contribution < 1.29 is 9.66 Å². The van der Waals surface area contributed by atoms with Crippen molar-refractivity contribution >= 4 is 23.3 Å². The Balaban J connectivity index is 1.99. The van der Waals surface area contributed by atoms with E-state index in [1.807, 2.05) is 9.80 Å². The van der Waals surface area contributed by atoms with Crippen LogP contribution in [0.15, 0.2) is 0 Å². The fraction of sp³-hybridized carbons (Fsp3) is 0.714. The van der Waals surface area contributed by atoms with Crippen LogP contribution in [0.4, 0.5) is 23.3 Å². The molecule has 0 radical (unpaired) electrons. The molecule has 2 N–H and O–H groups in total. The van der Waals surface area contributed by atoms with Gasteiger partial charge in [-0.1, -0.05) is 6.92 Å². The highest BCUT2D eigenvalue weighted by Crippen LogP contribution is 2.35. The van der Waals surface area contributed by atoms with E-state index in [1.54, 1.807) is 0 Å². The number of hydrogen-bond acceptors (Lipinski definition) is 8. The van der Waals surface area contributed by atoms with Gasteiger partial charge in [-0.2, -0.15) is 9.97 Å². The number of morpholine rings is 1. The summed E-state index contributed by atoms with van der Waals surface area (Å²) in [6.45, 7) is 6.16. The first-order valence-electron chi connectivity index (χ1n) is 7.96. The summed E-state index contributed by atoms with van der Waals surface area (Å²) in [4.78, 5) is 23.5. The van der Waals surface area contributed by atoms with Crippen molar-refractivity contribution in [3.63, 3.8) is 0 Å². The first kappa shape index (κ1) is 15.7. The Morgan fingerprint density at radius 2 is 2.00 bits per heavy atom. The molecule has 2 saturated heterocycles. The minimum atomic E-state index is -0.479. The summed E-state index contributed by atoms with van der Waals surface area (Å²) < 4.78 is 5.33. The van der Waals surface area contributed by atoms with Crippen LogP contribution in [-0.2, 0) is 4.74 Å². The number of rotatable bonds is 3. The van der Waals surface area contributed by atoms with Crippen LogP contribution < -0.4 is 15.5 Å². The molecule has 2 aliphatic heterocycles. The molecule has 0 spiro atoms. The fourth-order valence-electron chi connectivity index (χ4n) is 3.13. The van der Waals surface area contributed by atoms with Gasteiger partial charge in [0.25, 0.3) is 0 Å². The molecular formula is C14H22N6O3. The average molecular weight is 322 g/mol. The molecule has 2 fully saturated rings. The number of hydrogen-bond donors (Lipinski definition) is 1. The Labute approximate surface area is 134 Å². The predicted octanol–water partition coefficient (Wildman–Crippen LogP) is 1.04. The SMILES string of the molecule is CC1CCCN(c2nc(N3CCOCC3)nc(N)c2[N+](=O)[O-])C1. The predicted molar refractivity (Wildman–Crippen MR) is 86.7 cm³/mol. The zero-order chi connectivity index (χ0) is 16.4. The van der Waals surface area contributed by atoms with Gasteiger partial charge in [0.15, 0.2) is 0 Å². The van der Waals surface area contributed by atoms with Crippen molar-refractivity contribution in [3.05, 3.63) is 10.1 Å². The summed E-state index contributed by atoms with van der Waals surface area (Å²) >= 11 is 0. The third-order valence-electron chi connectivity index (χ3n) is 4.31. The molecular weight excluding hydrogens is 300 g/mol. The van der Waals surface area contributed by atoms with Crippen LogP contribution >= 0.6 is 0 Å². The quantitative estimate of drug-likeness (QED) is 0.649. The number of nitrogens with zero attached hydrogens (tertiary/aromatic N) is 5. The Hall–Kier alpha value is -2.16. The zero-order valence-corrected chi connectivity index (χ0v) is 13.3. The number of aromatic nitrogens is 2. The van der Waals surface area contributed by atoms with Gasteiger partial charge in [-0.25, -0.2) is 0 Å². The highest BCUT2D eigenvalue weighted by Gasteiger charge is 2.31. The summed E-state index contributed by atoms with van der Waals surface area (Å²) in [6, 6.07) is 0. The van der Waals surface area contributed by atoms with Crippen LogP contribution in [0.1, 0.15) is 19.8 Å². The average Bonchev–Trinajstić information content (AvgIpc) is 2.54. The van der Waals surface area contributed by atoms with E-state index in [-0.39, 0.29) is 11.5 Å². The molecule has 1 aromatic heterocycles. The van der Waals surface area contributed by atoms with Crippen molar-refractivity contribution in [2.75, 3.05) is 54.9 Å². The van der Waals surface area contributed by atoms with Crippen LogP contribution in [0.25, 0.3) is 0 Å². The van der Waals surface area contributed by atoms with Crippen molar-refractivity contribution in [3.8, 4) is 0 Å². The third kappa shape index (κ3) is 3.29. The fourth-order valence-corrected chi connectivity index (χ4v) is 3.13. The molecule has 0 aromatic carbocycles. The maximum atomic E-state index is 11.4. The van der Waals surface area contributed by atoms with Gasteiger partial charge in [0.1, 0.15) is 0 Å². The monoisotopic (exact) mass is 322 g/mol. The van der Waals surface area contributed by atoms with E-state index in [2.05, 4.69) is 16.9 Å². The van der Waals surface area contributed by atoms with Gasteiger partial charge >= 0.3 is 5.69 Å². The first-order chi connectivity index (χ1) is 11.1. The lowest BCUT2D eigenvalue weighted by Gasteiger charge is -2.33. The van der Waals surface area contributed by atoms with E-state index in [0.29, 0.717) is 44.0 Å². The van der Waals surface area contributed by atoms with Crippen molar-refractivity contribution in [1.82, 2.24) is 9.97 Å². The highest BCUT2D eigenvalue weighted by atomic mass is 16.6. The van der Waals surface area contributed by atoms with Crippen LogP contribution in [0.5, 0.6) is 0 Å². The molecule has 2 aliphatic rings.